The number of carbonyl (C=O) groups is 2. The molecule has 1 aliphatic rings. The van der Waals surface area contributed by atoms with Gasteiger partial charge in [0, 0.05) is 48.3 Å². The minimum Gasteiger partial charge on any atom is -0.457 e. The van der Waals surface area contributed by atoms with Crippen LogP contribution >= 0.6 is 0 Å². The Morgan fingerprint density at radius 1 is 1.00 bits per heavy atom. The number of nitrogens with zero attached hydrogens (tertiary/aromatic N) is 1. The average molecular weight is 434 g/mol. The van der Waals surface area contributed by atoms with Crippen molar-refractivity contribution in [3.63, 3.8) is 0 Å². The zero-order valence-corrected chi connectivity index (χ0v) is 18.6. The van der Waals surface area contributed by atoms with E-state index < -0.39 is 11.9 Å². The minimum absolute atomic E-state index is 0.210. The van der Waals surface area contributed by atoms with E-state index in [1.54, 1.807) is 7.11 Å². The molecule has 0 N–H and O–H groups in total. The maximum absolute atomic E-state index is 13.1. The second-order valence-electron chi connectivity index (χ2n) is 7.92. The first-order chi connectivity index (χ1) is 15.5. The first-order valence-corrected chi connectivity index (χ1v) is 10.7. The van der Waals surface area contributed by atoms with Gasteiger partial charge in [0.2, 0.25) is 5.78 Å². The number of hydrogen-bond acceptors (Lipinski definition) is 5. The van der Waals surface area contributed by atoms with E-state index in [0.29, 0.717) is 23.7 Å². The molecule has 32 heavy (non-hydrogen) atoms. The molecule has 166 valence electrons. The number of carbonyl (C=O) groups excluding carboxylic acids is 2. The number of hydrogen-bond donors (Lipinski definition) is 0. The maximum atomic E-state index is 13.1. The molecule has 1 aliphatic heterocycles. The first kappa shape index (κ1) is 21.8. The van der Waals surface area contributed by atoms with E-state index in [1.165, 1.54) is 0 Å². The van der Waals surface area contributed by atoms with Gasteiger partial charge in [0.15, 0.2) is 6.61 Å². The Hall–Kier alpha value is -3.38. The lowest BCUT2D eigenvalue weighted by molar-refractivity contribution is -0.143. The molecule has 0 fully saturated rings. The molecule has 0 amide bonds. The highest BCUT2D eigenvalue weighted by Gasteiger charge is 2.34. The summed E-state index contributed by atoms with van der Waals surface area (Å²) < 4.78 is 18.7. The minimum atomic E-state index is -0.634. The lowest BCUT2D eigenvalue weighted by Crippen LogP contribution is -2.23. The summed E-state index contributed by atoms with van der Waals surface area (Å²) in [5.74, 6) is -0.0582. The molecule has 2 aromatic carbocycles. The van der Waals surface area contributed by atoms with E-state index >= 15 is 0 Å². The highest BCUT2D eigenvalue weighted by Crippen LogP contribution is 2.44. The van der Waals surface area contributed by atoms with Crippen LogP contribution < -0.4 is 4.74 Å². The van der Waals surface area contributed by atoms with Gasteiger partial charge in [-0.1, -0.05) is 36.4 Å². The van der Waals surface area contributed by atoms with E-state index in [2.05, 4.69) is 4.57 Å². The predicted molar refractivity (Wildman–Crippen MR) is 120 cm³/mol. The van der Waals surface area contributed by atoms with Crippen LogP contribution in [0.25, 0.3) is 0 Å². The van der Waals surface area contributed by atoms with E-state index in [1.807, 2.05) is 68.4 Å². The number of benzene rings is 2. The molecular weight excluding hydrogens is 406 g/mol. The standard InChI is InChI=1S/C26H27NO5/c1-17-15-21(18(2)27(17)13-8-14-30-3)22(28)16-31-26(29)25-19-9-4-6-11-23(19)32-24-12-7-5-10-20(24)25/h4-7,9-12,15,25H,8,13-14,16H2,1-3H3. The summed E-state index contributed by atoms with van der Waals surface area (Å²) in [4.78, 5) is 26.0. The predicted octanol–water partition coefficient (Wildman–Crippen LogP) is 4.81. The van der Waals surface area contributed by atoms with Crippen molar-refractivity contribution in [3.05, 3.63) is 82.7 Å². The SMILES string of the molecule is COCCCn1c(C)cc(C(=O)COC(=O)C2c3ccccc3Oc3ccccc32)c1C. The molecule has 0 radical (unpaired) electrons. The summed E-state index contributed by atoms with van der Waals surface area (Å²) >= 11 is 0. The zero-order chi connectivity index (χ0) is 22.7. The third kappa shape index (κ3) is 4.18. The topological polar surface area (TPSA) is 66.8 Å². The van der Waals surface area contributed by atoms with Crippen LogP contribution in [-0.2, 0) is 20.8 Å². The van der Waals surface area contributed by atoms with Crippen LogP contribution in [0.1, 0.15) is 45.2 Å². The Morgan fingerprint density at radius 2 is 1.62 bits per heavy atom. The fourth-order valence-corrected chi connectivity index (χ4v) is 4.26. The van der Waals surface area contributed by atoms with Crippen LogP contribution in [0.15, 0.2) is 54.6 Å². The number of rotatable bonds is 8. The van der Waals surface area contributed by atoms with Crippen LogP contribution in [0.4, 0.5) is 0 Å². The van der Waals surface area contributed by atoms with Crippen molar-refractivity contribution in [3.8, 4) is 11.5 Å². The van der Waals surface area contributed by atoms with Crippen LogP contribution in [0.3, 0.4) is 0 Å². The van der Waals surface area contributed by atoms with E-state index in [0.717, 1.165) is 35.5 Å². The third-order valence-electron chi connectivity index (χ3n) is 5.87. The van der Waals surface area contributed by atoms with Crippen molar-refractivity contribution in [2.75, 3.05) is 20.3 Å². The summed E-state index contributed by atoms with van der Waals surface area (Å²) in [6.45, 7) is 5.02. The number of ketones is 1. The highest BCUT2D eigenvalue weighted by molar-refractivity contribution is 5.99. The molecule has 0 unspecified atom stereocenters. The molecule has 3 aromatic rings. The molecule has 6 nitrogen and oxygen atoms in total. The molecule has 1 aromatic heterocycles. The van der Waals surface area contributed by atoms with Crippen LogP contribution in [0, 0.1) is 13.8 Å². The van der Waals surface area contributed by atoms with Gasteiger partial charge in [0.25, 0.3) is 0 Å². The molecule has 0 bridgehead atoms. The number of methoxy groups -OCH3 is 1. The van der Waals surface area contributed by atoms with Crippen molar-refractivity contribution in [2.45, 2.75) is 32.7 Å². The van der Waals surface area contributed by atoms with Gasteiger partial charge in [-0.05, 0) is 38.5 Å². The first-order valence-electron chi connectivity index (χ1n) is 10.7. The second kappa shape index (κ2) is 9.40. The molecule has 0 aliphatic carbocycles. The lowest BCUT2D eigenvalue weighted by atomic mass is 9.88. The molecule has 4 rings (SSSR count). The fourth-order valence-electron chi connectivity index (χ4n) is 4.26. The summed E-state index contributed by atoms with van der Waals surface area (Å²) in [7, 11) is 1.67. The van der Waals surface area contributed by atoms with E-state index in [-0.39, 0.29) is 12.4 Å². The van der Waals surface area contributed by atoms with Gasteiger partial charge in [0.1, 0.15) is 17.4 Å². The second-order valence-corrected chi connectivity index (χ2v) is 7.92. The van der Waals surface area contributed by atoms with E-state index in [9.17, 15) is 9.59 Å². The lowest BCUT2D eigenvalue weighted by Gasteiger charge is -2.26. The molecular formula is C26H27NO5. The van der Waals surface area contributed by atoms with Crippen molar-refractivity contribution in [2.24, 2.45) is 0 Å². The maximum Gasteiger partial charge on any atom is 0.318 e. The Bertz CT molecular complexity index is 1100. The van der Waals surface area contributed by atoms with Gasteiger partial charge in [-0.25, -0.2) is 0 Å². The van der Waals surface area contributed by atoms with Gasteiger partial charge in [0.05, 0.1) is 0 Å². The molecule has 0 atom stereocenters. The number of aromatic nitrogens is 1. The molecule has 0 saturated heterocycles. The number of ether oxygens (including phenoxy) is 3. The van der Waals surface area contributed by atoms with Crippen molar-refractivity contribution in [1.82, 2.24) is 4.57 Å². The summed E-state index contributed by atoms with van der Waals surface area (Å²) in [5.41, 5.74) is 3.93. The average Bonchev–Trinajstić information content (AvgIpc) is 3.09. The molecule has 0 saturated carbocycles. The number of para-hydroxylation sites is 2. The fraction of sp³-hybridized carbons (Fsp3) is 0.308. The number of Topliss-reactive ketones (excluding diaryl/α,β-unsaturated/α-hetero) is 1. The van der Waals surface area contributed by atoms with Crippen LogP contribution in [0.2, 0.25) is 0 Å². The van der Waals surface area contributed by atoms with Gasteiger partial charge >= 0.3 is 5.97 Å². The molecule has 6 heteroatoms. The Labute approximate surface area is 187 Å². The Kier molecular flexibility index (Phi) is 6.42. The quantitative estimate of drug-likeness (QED) is 0.290. The normalized spacial score (nSPS) is 12.6. The van der Waals surface area contributed by atoms with Crippen molar-refractivity contribution in [1.29, 1.82) is 0 Å². The number of fused-ring (bicyclic) bond motifs is 2. The van der Waals surface area contributed by atoms with Crippen molar-refractivity contribution >= 4 is 11.8 Å². The van der Waals surface area contributed by atoms with Gasteiger partial charge in [-0.15, -0.1) is 0 Å². The zero-order valence-electron chi connectivity index (χ0n) is 18.6. The Morgan fingerprint density at radius 3 is 2.25 bits per heavy atom. The van der Waals surface area contributed by atoms with Crippen LogP contribution in [0.5, 0.6) is 11.5 Å². The number of aryl methyl sites for hydroxylation is 1. The smallest absolute Gasteiger partial charge is 0.318 e. The molecule has 2 heterocycles. The highest BCUT2D eigenvalue weighted by atomic mass is 16.5. The van der Waals surface area contributed by atoms with E-state index in [4.69, 9.17) is 14.2 Å². The summed E-state index contributed by atoms with van der Waals surface area (Å²) in [6.07, 6.45) is 0.859. The third-order valence-corrected chi connectivity index (χ3v) is 5.87. The summed E-state index contributed by atoms with van der Waals surface area (Å²) in [6, 6.07) is 16.7. The molecule has 0 spiro atoms. The van der Waals surface area contributed by atoms with Gasteiger partial charge in [-0.3, -0.25) is 9.59 Å². The van der Waals surface area contributed by atoms with Crippen LogP contribution in [-0.4, -0.2) is 36.6 Å². The van der Waals surface area contributed by atoms with Crippen molar-refractivity contribution < 1.29 is 23.8 Å². The van der Waals surface area contributed by atoms with Gasteiger partial charge in [-0.2, -0.15) is 0 Å². The van der Waals surface area contributed by atoms with Gasteiger partial charge < -0.3 is 18.8 Å². The largest absolute Gasteiger partial charge is 0.457 e. The Balaban J connectivity index is 1.50. The monoisotopic (exact) mass is 433 g/mol. The number of esters is 1. The summed E-state index contributed by atoms with van der Waals surface area (Å²) in [5, 5.41) is 0.